The highest BCUT2D eigenvalue weighted by atomic mass is 35.5. The number of aryl methyl sites for hydroxylation is 1. The maximum atomic E-state index is 13.0. The summed E-state index contributed by atoms with van der Waals surface area (Å²) < 4.78 is 0. The van der Waals surface area contributed by atoms with Crippen LogP contribution in [0, 0.1) is 5.92 Å². The molecule has 7 heteroatoms. The van der Waals surface area contributed by atoms with E-state index in [0.29, 0.717) is 35.9 Å². The van der Waals surface area contributed by atoms with Crippen LogP contribution < -0.4 is 5.32 Å². The van der Waals surface area contributed by atoms with Crippen molar-refractivity contribution in [2.24, 2.45) is 5.92 Å². The Hall–Kier alpha value is -3.15. The third-order valence-corrected chi connectivity index (χ3v) is 6.98. The van der Waals surface area contributed by atoms with Crippen molar-refractivity contribution >= 4 is 40.8 Å². The lowest BCUT2D eigenvalue weighted by atomic mass is 9.97. The van der Waals surface area contributed by atoms with Crippen molar-refractivity contribution in [1.82, 2.24) is 10.2 Å². The molecule has 3 aromatic carbocycles. The average molecular weight is 509 g/mol. The zero-order chi connectivity index (χ0) is 24.8. The number of amides is 2. The van der Waals surface area contributed by atoms with Gasteiger partial charge in [-0.1, -0.05) is 89.9 Å². The zero-order valence-corrected chi connectivity index (χ0v) is 20.6. The molecular weight excluding hydrogens is 483 g/mol. The molecule has 0 bridgehead atoms. The molecule has 4 rings (SSSR count). The quantitative estimate of drug-likeness (QED) is 0.249. The van der Waals surface area contributed by atoms with Gasteiger partial charge in [0.25, 0.3) is 5.91 Å². The SMILES string of the molecule is O=C(NCCCc1ccc(Cl)c(Cl)c1)C1CN(C(Cc2ccccc2)c2ccccc2)C(=O)C1=O. The summed E-state index contributed by atoms with van der Waals surface area (Å²) in [4.78, 5) is 40.1. The van der Waals surface area contributed by atoms with Crippen molar-refractivity contribution in [1.29, 1.82) is 0 Å². The third kappa shape index (κ3) is 6.11. The van der Waals surface area contributed by atoms with E-state index in [4.69, 9.17) is 23.2 Å². The Balaban J connectivity index is 1.40. The molecule has 0 radical (unpaired) electrons. The number of rotatable bonds is 9. The number of nitrogens with one attached hydrogen (secondary N) is 1. The van der Waals surface area contributed by atoms with E-state index in [1.807, 2.05) is 66.7 Å². The first kappa shape index (κ1) is 25.0. The number of nitrogens with zero attached hydrogens (tertiary/aromatic N) is 1. The van der Waals surface area contributed by atoms with Gasteiger partial charge in [0.05, 0.1) is 16.1 Å². The average Bonchev–Trinajstić information content (AvgIpc) is 3.17. The minimum absolute atomic E-state index is 0.0721. The molecule has 3 aromatic rings. The van der Waals surface area contributed by atoms with Gasteiger partial charge in [-0.15, -0.1) is 0 Å². The standard InChI is InChI=1S/C28H26Cl2N2O3/c29-23-14-13-20(16-24(23)30)10-7-15-31-27(34)22-18-32(28(35)26(22)33)25(21-11-5-2-6-12-21)17-19-8-3-1-4-9-19/h1-6,8-9,11-14,16,22,25H,7,10,15,17-18H2,(H,31,34). The Morgan fingerprint density at radius 3 is 2.29 bits per heavy atom. The molecule has 180 valence electrons. The highest BCUT2D eigenvalue weighted by molar-refractivity contribution is 6.42. The number of likely N-dealkylation sites (tertiary alicyclic amines) is 1. The molecule has 1 aliphatic rings. The fourth-order valence-electron chi connectivity index (χ4n) is 4.37. The highest BCUT2D eigenvalue weighted by Gasteiger charge is 2.45. The minimum atomic E-state index is -1.01. The van der Waals surface area contributed by atoms with Crippen molar-refractivity contribution in [2.75, 3.05) is 13.1 Å². The van der Waals surface area contributed by atoms with Gasteiger partial charge in [-0.05, 0) is 48.1 Å². The van der Waals surface area contributed by atoms with E-state index in [1.165, 1.54) is 0 Å². The Morgan fingerprint density at radius 2 is 1.60 bits per heavy atom. The summed E-state index contributed by atoms with van der Waals surface area (Å²) in [6.45, 7) is 0.464. The van der Waals surface area contributed by atoms with Gasteiger partial charge in [-0.2, -0.15) is 0 Å². The smallest absolute Gasteiger partial charge is 0.291 e. The second kappa shape index (κ2) is 11.5. The van der Waals surface area contributed by atoms with E-state index >= 15 is 0 Å². The lowest BCUT2D eigenvalue weighted by Crippen LogP contribution is -2.36. The maximum absolute atomic E-state index is 13.0. The van der Waals surface area contributed by atoms with Crippen LogP contribution in [0.2, 0.25) is 10.0 Å². The first-order valence-corrected chi connectivity index (χ1v) is 12.3. The summed E-state index contributed by atoms with van der Waals surface area (Å²) in [5.41, 5.74) is 3.00. The van der Waals surface area contributed by atoms with E-state index in [1.54, 1.807) is 17.0 Å². The third-order valence-electron chi connectivity index (χ3n) is 6.24. The Labute approximate surface area is 215 Å². The van der Waals surface area contributed by atoms with Crippen LogP contribution in [0.3, 0.4) is 0 Å². The molecule has 2 atom stereocenters. The number of hydrogen-bond acceptors (Lipinski definition) is 3. The maximum Gasteiger partial charge on any atom is 0.291 e. The number of ketones is 1. The molecule has 1 saturated heterocycles. The molecule has 0 aliphatic carbocycles. The first-order valence-electron chi connectivity index (χ1n) is 11.6. The van der Waals surface area contributed by atoms with Crippen LogP contribution in [0.5, 0.6) is 0 Å². The van der Waals surface area contributed by atoms with Gasteiger partial charge in [0.1, 0.15) is 5.92 Å². The van der Waals surface area contributed by atoms with Crippen LogP contribution in [-0.4, -0.2) is 35.6 Å². The number of benzene rings is 3. The number of halogens is 2. The van der Waals surface area contributed by atoms with Crippen LogP contribution in [0.1, 0.15) is 29.2 Å². The molecular formula is C28H26Cl2N2O3. The molecule has 1 aliphatic heterocycles. The fourth-order valence-corrected chi connectivity index (χ4v) is 4.69. The van der Waals surface area contributed by atoms with Gasteiger partial charge in [0.2, 0.25) is 11.7 Å². The first-order chi connectivity index (χ1) is 16.9. The van der Waals surface area contributed by atoms with Crippen LogP contribution in [0.25, 0.3) is 0 Å². The van der Waals surface area contributed by atoms with Crippen molar-refractivity contribution in [3.63, 3.8) is 0 Å². The normalized spacial score (nSPS) is 16.4. The largest absolute Gasteiger partial charge is 0.355 e. The number of Topliss-reactive ketones (excluding diaryl/α,β-unsaturated/α-hetero) is 1. The zero-order valence-electron chi connectivity index (χ0n) is 19.1. The second-order valence-electron chi connectivity index (χ2n) is 8.63. The Bertz CT molecular complexity index is 1200. The molecule has 5 nitrogen and oxygen atoms in total. The highest BCUT2D eigenvalue weighted by Crippen LogP contribution is 2.30. The van der Waals surface area contributed by atoms with E-state index in [9.17, 15) is 14.4 Å². The van der Waals surface area contributed by atoms with Crippen molar-refractivity contribution in [2.45, 2.75) is 25.3 Å². The number of carbonyl (C=O) groups excluding carboxylic acids is 3. The Kier molecular flexibility index (Phi) is 8.21. The van der Waals surface area contributed by atoms with Crippen LogP contribution in [0.15, 0.2) is 78.9 Å². The minimum Gasteiger partial charge on any atom is -0.355 e. The van der Waals surface area contributed by atoms with E-state index in [0.717, 1.165) is 16.7 Å². The summed E-state index contributed by atoms with van der Waals surface area (Å²) in [5.74, 6) is -2.67. The predicted octanol–water partition coefficient (Wildman–Crippen LogP) is 5.05. The molecule has 1 N–H and O–H groups in total. The molecule has 1 fully saturated rings. The van der Waals surface area contributed by atoms with Crippen molar-refractivity contribution in [3.8, 4) is 0 Å². The second-order valence-corrected chi connectivity index (χ2v) is 9.45. The van der Waals surface area contributed by atoms with Crippen molar-refractivity contribution < 1.29 is 14.4 Å². The topological polar surface area (TPSA) is 66.5 Å². The lowest BCUT2D eigenvalue weighted by Gasteiger charge is -2.28. The lowest BCUT2D eigenvalue weighted by molar-refractivity contribution is -0.143. The number of hydrogen-bond donors (Lipinski definition) is 1. The summed E-state index contributed by atoms with van der Waals surface area (Å²) >= 11 is 12.0. The van der Waals surface area contributed by atoms with E-state index < -0.39 is 23.5 Å². The van der Waals surface area contributed by atoms with E-state index in [-0.39, 0.29) is 12.6 Å². The van der Waals surface area contributed by atoms with Gasteiger partial charge >= 0.3 is 0 Å². The Morgan fingerprint density at radius 1 is 0.914 bits per heavy atom. The van der Waals surface area contributed by atoms with Gasteiger partial charge in [0, 0.05) is 13.1 Å². The summed E-state index contributed by atoms with van der Waals surface area (Å²) in [6.07, 6.45) is 1.93. The molecule has 0 aromatic heterocycles. The van der Waals surface area contributed by atoms with Gasteiger partial charge in [-0.3, -0.25) is 14.4 Å². The summed E-state index contributed by atoms with van der Waals surface area (Å²) in [6, 6.07) is 24.6. The summed E-state index contributed by atoms with van der Waals surface area (Å²) in [5, 5.41) is 3.81. The number of carbonyl (C=O) groups is 3. The monoisotopic (exact) mass is 508 g/mol. The van der Waals surface area contributed by atoms with Crippen LogP contribution in [0.4, 0.5) is 0 Å². The molecule has 2 unspecified atom stereocenters. The van der Waals surface area contributed by atoms with Gasteiger partial charge in [-0.25, -0.2) is 0 Å². The molecule has 35 heavy (non-hydrogen) atoms. The van der Waals surface area contributed by atoms with Crippen molar-refractivity contribution in [3.05, 3.63) is 106 Å². The fraction of sp³-hybridized carbons (Fsp3) is 0.250. The van der Waals surface area contributed by atoms with Crippen LogP contribution >= 0.6 is 23.2 Å². The molecule has 0 saturated carbocycles. The predicted molar refractivity (Wildman–Crippen MR) is 137 cm³/mol. The van der Waals surface area contributed by atoms with Gasteiger partial charge < -0.3 is 10.2 Å². The van der Waals surface area contributed by atoms with Crippen LogP contribution in [-0.2, 0) is 27.2 Å². The molecule has 1 heterocycles. The van der Waals surface area contributed by atoms with E-state index in [2.05, 4.69) is 5.32 Å². The summed E-state index contributed by atoms with van der Waals surface area (Å²) in [7, 11) is 0. The van der Waals surface area contributed by atoms with Gasteiger partial charge in [0.15, 0.2) is 0 Å². The molecule has 2 amide bonds. The molecule has 0 spiro atoms.